The van der Waals surface area contributed by atoms with Crippen molar-refractivity contribution in [2.24, 2.45) is 17.7 Å². The van der Waals surface area contributed by atoms with Crippen molar-refractivity contribution in [3.05, 3.63) is 0 Å². The molecule has 0 aromatic carbocycles. The van der Waals surface area contributed by atoms with E-state index in [1.165, 1.54) is 6.42 Å². The standard InChI is InChI=1S/C11H22N2O2/c1-8-5-9(2)7-10(6-8)15-4-3-11(14)13-12/h8-10H,3-7,12H2,1-2H3,(H,13,14). The number of carbonyl (C=O) groups excluding carboxylic acids is 1. The number of nitrogens with two attached hydrogens (primary N) is 1. The summed E-state index contributed by atoms with van der Waals surface area (Å²) in [6.45, 7) is 5.00. The van der Waals surface area contributed by atoms with Crippen LogP contribution < -0.4 is 11.3 Å². The molecule has 1 aliphatic rings. The monoisotopic (exact) mass is 214 g/mol. The van der Waals surface area contributed by atoms with Gasteiger partial charge in [-0.2, -0.15) is 0 Å². The van der Waals surface area contributed by atoms with Crippen LogP contribution in [-0.4, -0.2) is 18.6 Å². The number of rotatable bonds is 4. The lowest BCUT2D eigenvalue weighted by molar-refractivity contribution is -0.123. The summed E-state index contributed by atoms with van der Waals surface area (Å²) in [6, 6.07) is 0. The Kier molecular flexibility index (Phi) is 5.05. The third kappa shape index (κ3) is 4.62. The molecule has 0 spiro atoms. The number of amides is 1. The maximum Gasteiger partial charge on any atom is 0.236 e. The lowest BCUT2D eigenvalue weighted by Crippen LogP contribution is -2.32. The molecule has 0 aromatic heterocycles. The molecular formula is C11H22N2O2. The topological polar surface area (TPSA) is 64.3 Å². The van der Waals surface area contributed by atoms with Crippen LogP contribution in [0.3, 0.4) is 0 Å². The van der Waals surface area contributed by atoms with Gasteiger partial charge in [-0.05, 0) is 31.1 Å². The van der Waals surface area contributed by atoms with Gasteiger partial charge >= 0.3 is 0 Å². The average molecular weight is 214 g/mol. The molecule has 1 saturated carbocycles. The van der Waals surface area contributed by atoms with E-state index >= 15 is 0 Å². The van der Waals surface area contributed by atoms with Gasteiger partial charge in [0.05, 0.1) is 19.1 Å². The van der Waals surface area contributed by atoms with Gasteiger partial charge < -0.3 is 4.74 Å². The lowest BCUT2D eigenvalue weighted by Gasteiger charge is -2.31. The Balaban J connectivity index is 2.17. The van der Waals surface area contributed by atoms with Crippen molar-refractivity contribution in [1.29, 1.82) is 0 Å². The summed E-state index contributed by atoms with van der Waals surface area (Å²) < 4.78 is 5.68. The van der Waals surface area contributed by atoms with E-state index in [4.69, 9.17) is 10.6 Å². The molecule has 0 saturated heterocycles. The molecule has 0 heterocycles. The molecule has 1 rings (SSSR count). The summed E-state index contributed by atoms with van der Waals surface area (Å²) in [5, 5.41) is 0. The second-order valence-corrected chi connectivity index (χ2v) is 4.73. The molecule has 0 bridgehead atoms. The van der Waals surface area contributed by atoms with Crippen molar-refractivity contribution in [2.75, 3.05) is 6.61 Å². The van der Waals surface area contributed by atoms with Crippen molar-refractivity contribution in [2.45, 2.75) is 45.6 Å². The first-order valence-corrected chi connectivity index (χ1v) is 5.72. The summed E-state index contributed by atoms with van der Waals surface area (Å²) in [4.78, 5) is 10.9. The van der Waals surface area contributed by atoms with Crippen molar-refractivity contribution < 1.29 is 9.53 Å². The highest BCUT2D eigenvalue weighted by atomic mass is 16.5. The van der Waals surface area contributed by atoms with Gasteiger partial charge in [-0.15, -0.1) is 0 Å². The average Bonchev–Trinajstić information content (AvgIpc) is 2.16. The molecule has 88 valence electrons. The molecule has 2 unspecified atom stereocenters. The number of ether oxygens (including phenoxy) is 1. The largest absolute Gasteiger partial charge is 0.378 e. The van der Waals surface area contributed by atoms with Gasteiger partial charge in [0.15, 0.2) is 0 Å². The molecule has 1 fully saturated rings. The van der Waals surface area contributed by atoms with Gasteiger partial charge in [-0.1, -0.05) is 13.8 Å². The second-order valence-electron chi connectivity index (χ2n) is 4.73. The third-order valence-electron chi connectivity index (χ3n) is 2.98. The minimum Gasteiger partial charge on any atom is -0.378 e. The van der Waals surface area contributed by atoms with E-state index in [2.05, 4.69) is 19.3 Å². The second kappa shape index (κ2) is 6.08. The summed E-state index contributed by atoms with van der Waals surface area (Å²) in [7, 11) is 0. The Morgan fingerprint density at radius 3 is 2.47 bits per heavy atom. The van der Waals surface area contributed by atoms with E-state index in [0.717, 1.165) is 24.7 Å². The first-order chi connectivity index (χ1) is 7.11. The molecule has 4 nitrogen and oxygen atoms in total. The van der Waals surface area contributed by atoms with E-state index in [1.807, 2.05) is 0 Å². The summed E-state index contributed by atoms with van der Waals surface area (Å²) in [5.41, 5.74) is 2.10. The SMILES string of the molecule is CC1CC(C)CC(OCCC(=O)NN)C1. The van der Waals surface area contributed by atoms with Gasteiger partial charge in [0.1, 0.15) is 0 Å². The van der Waals surface area contributed by atoms with Crippen LogP contribution in [0.15, 0.2) is 0 Å². The van der Waals surface area contributed by atoms with Gasteiger partial charge in [-0.3, -0.25) is 10.2 Å². The van der Waals surface area contributed by atoms with Gasteiger partial charge in [-0.25, -0.2) is 5.84 Å². The smallest absolute Gasteiger partial charge is 0.236 e. The summed E-state index contributed by atoms with van der Waals surface area (Å²) in [6.07, 6.45) is 4.22. The normalized spacial score (nSPS) is 31.3. The van der Waals surface area contributed by atoms with E-state index in [-0.39, 0.29) is 5.91 Å². The Morgan fingerprint density at radius 1 is 1.33 bits per heavy atom. The van der Waals surface area contributed by atoms with Crippen LogP contribution in [0.1, 0.15) is 39.5 Å². The predicted octanol–water partition coefficient (Wildman–Crippen LogP) is 1.21. The Labute approximate surface area is 91.5 Å². The van der Waals surface area contributed by atoms with E-state index in [0.29, 0.717) is 19.1 Å². The fourth-order valence-corrected chi connectivity index (χ4v) is 2.40. The van der Waals surface area contributed by atoms with E-state index in [1.54, 1.807) is 0 Å². The third-order valence-corrected chi connectivity index (χ3v) is 2.98. The zero-order chi connectivity index (χ0) is 11.3. The quantitative estimate of drug-likeness (QED) is 0.420. The van der Waals surface area contributed by atoms with Crippen molar-refractivity contribution in [3.8, 4) is 0 Å². The first-order valence-electron chi connectivity index (χ1n) is 5.72. The fraction of sp³-hybridized carbons (Fsp3) is 0.909. The highest BCUT2D eigenvalue weighted by Crippen LogP contribution is 2.30. The molecule has 0 aromatic rings. The molecular weight excluding hydrogens is 192 g/mol. The molecule has 1 aliphatic carbocycles. The van der Waals surface area contributed by atoms with Gasteiger partial charge in [0, 0.05) is 0 Å². The number of hydrazine groups is 1. The molecule has 1 amide bonds. The first kappa shape index (κ1) is 12.5. The van der Waals surface area contributed by atoms with Gasteiger partial charge in [0.25, 0.3) is 0 Å². The lowest BCUT2D eigenvalue weighted by atomic mass is 9.82. The highest BCUT2D eigenvalue weighted by Gasteiger charge is 2.24. The van der Waals surface area contributed by atoms with Crippen molar-refractivity contribution >= 4 is 5.91 Å². The van der Waals surface area contributed by atoms with Crippen LogP contribution in [0.2, 0.25) is 0 Å². The Bertz CT molecular complexity index is 199. The van der Waals surface area contributed by atoms with Crippen LogP contribution in [0.4, 0.5) is 0 Å². The van der Waals surface area contributed by atoms with Crippen LogP contribution in [0.5, 0.6) is 0 Å². The summed E-state index contributed by atoms with van der Waals surface area (Å²) in [5.74, 6) is 6.30. The van der Waals surface area contributed by atoms with Gasteiger partial charge in [0.2, 0.25) is 5.91 Å². The maximum atomic E-state index is 10.9. The van der Waals surface area contributed by atoms with Crippen LogP contribution in [0.25, 0.3) is 0 Å². The molecule has 4 heteroatoms. The Hall–Kier alpha value is -0.610. The van der Waals surface area contributed by atoms with Crippen LogP contribution >= 0.6 is 0 Å². The minimum absolute atomic E-state index is 0.160. The molecule has 0 radical (unpaired) electrons. The maximum absolute atomic E-state index is 10.9. The minimum atomic E-state index is -0.160. The fourth-order valence-electron chi connectivity index (χ4n) is 2.40. The van der Waals surface area contributed by atoms with Crippen LogP contribution in [-0.2, 0) is 9.53 Å². The Morgan fingerprint density at radius 2 is 1.93 bits per heavy atom. The molecule has 3 N–H and O–H groups in total. The number of hydrogen-bond acceptors (Lipinski definition) is 3. The van der Waals surface area contributed by atoms with E-state index in [9.17, 15) is 4.79 Å². The van der Waals surface area contributed by atoms with Crippen LogP contribution in [0, 0.1) is 11.8 Å². The van der Waals surface area contributed by atoms with Crippen molar-refractivity contribution in [1.82, 2.24) is 5.43 Å². The predicted molar refractivity (Wildman–Crippen MR) is 58.9 cm³/mol. The molecule has 2 atom stereocenters. The zero-order valence-electron chi connectivity index (χ0n) is 9.66. The number of carbonyl (C=O) groups is 1. The zero-order valence-corrected chi connectivity index (χ0v) is 9.66. The molecule has 15 heavy (non-hydrogen) atoms. The summed E-state index contributed by atoms with van der Waals surface area (Å²) >= 11 is 0. The van der Waals surface area contributed by atoms with E-state index < -0.39 is 0 Å². The van der Waals surface area contributed by atoms with Crippen molar-refractivity contribution in [3.63, 3.8) is 0 Å². The highest BCUT2D eigenvalue weighted by molar-refractivity contribution is 5.75. The number of nitrogens with one attached hydrogen (secondary N) is 1. The number of hydrogen-bond donors (Lipinski definition) is 2. The molecule has 0 aliphatic heterocycles.